The molecule has 13 heteroatoms. The van der Waals surface area contributed by atoms with Gasteiger partial charge in [0.15, 0.2) is 10.9 Å². The third-order valence-electron chi connectivity index (χ3n) is 4.72. The summed E-state index contributed by atoms with van der Waals surface area (Å²) < 4.78 is 40.8. The van der Waals surface area contributed by atoms with Crippen molar-refractivity contribution in [2.24, 2.45) is 0 Å². The van der Waals surface area contributed by atoms with Gasteiger partial charge in [0, 0.05) is 23.7 Å². The number of hydrogen-bond donors (Lipinski definition) is 3. The van der Waals surface area contributed by atoms with E-state index in [0.29, 0.717) is 12.5 Å². The number of ketones is 1. The van der Waals surface area contributed by atoms with Gasteiger partial charge < -0.3 is 15.7 Å². The smallest absolute Gasteiger partial charge is 0.418 e. The molecule has 1 atom stereocenters. The summed E-state index contributed by atoms with van der Waals surface area (Å²) in [6, 6.07) is 1.55. The van der Waals surface area contributed by atoms with Gasteiger partial charge in [-0.15, -0.1) is 11.3 Å². The molecule has 1 fully saturated rings. The number of rotatable bonds is 6. The summed E-state index contributed by atoms with van der Waals surface area (Å²) in [5.41, 5.74) is -2.60. The molecule has 3 rings (SSSR count). The highest BCUT2D eigenvalue weighted by Gasteiger charge is 2.39. The van der Waals surface area contributed by atoms with Gasteiger partial charge in [-0.25, -0.2) is 9.78 Å². The molecule has 1 saturated heterocycles. The number of aromatic nitrogens is 1. The van der Waals surface area contributed by atoms with Crippen LogP contribution in [0.25, 0.3) is 0 Å². The first-order chi connectivity index (χ1) is 15.1. The summed E-state index contributed by atoms with van der Waals surface area (Å²) in [7, 11) is 0. The molecule has 3 amide bonds. The Bertz CT molecular complexity index is 1040. The van der Waals surface area contributed by atoms with Crippen LogP contribution in [-0.2, 0) is 15.8 Å². The summed E-state index contributed by atoms with van der Waals surface area (Å²) in [5.74, 6) is -2.72. The number of carbonyl (C=O) groups is 4. The highest BCUT2D eigenvalue weighted by Crippen LogP contribution is 2.37. The van der Waals surface area contributed by atoms with Crippen LogP contribution in [0.5, 0.6) is 0 Å². The molecule has 0 bridgehead atoms. The lowest BCUT2D eigenvalue weighted by Crippen LogP contribution is -2.42. The second-order valence-electron chi connectivity index (χ2n) is 6.83. The van der Waals surface area contributed by atoms with Crippen molar-refractivity contribution in [1.82, 2.24) is 9.88 Å². The monoisotopic (exact) mass is 470 g/mol. The molecule has 0 unspecified atom stereocenters. The molecule has 0 aliphatic carbocycles. The summed E-state index contributed by atoms with van der Waals surface area (Å²) in [6.45, 7) is 0.0665. The molecule has 32 heavy (non-hydrogen) atoms. The number of likely N-dealkylation sites (tertiary alicyclic amines) is 1. The Kier molecular flexibility index (Phi) is 6.77. The van der Waals surface area contributed by atoms with Crippen molar-refractivity contribution < 1.29 is 37.5 Å². The van der Waals surface area contributed by atoms with Gasteiger partial charge in [0.2, 0.25) is 11.8 Å². The average Bonchev–Trinajstić information content (AvgIpc) is 3.38. The van der Waals surface area contributed by atoms with Crippen LogP contribution >= 0.6 is 11.3 Å². The van der Waals surface area contributed by atoms with Crippen LogP contribution in [0.15, 0.2) is 29.8 Å². The van der Waals surface area contributed by atoms with E-state index >= 15 is 0 Å². The maximum atomic E-state index is 13.6. The number of anilines is 2. The van der Waals surface area contributed by atoms with Crippen LogP contribution in [-0.4, -0.2) is 51.3 Å². The molecular weight excluding hydrogens is 453 g/mol. The molecule has 3 N–H and O–H groups in total. The molecule has 9 nitrogen and oxygen atoms in total. The molecule has 170 valence electrons. The standard InChI is InChI=1S/C19H17F3N4O5S/c20-19(21,22)11-4-1-3-10(13(27)9-14(28)24-17-23-6-8-32-17)15(11)25-16(29)12-5-2-7-26(12)18(30)31/h1,3-4,6,8,12H,2,5,7,9H2,(H,25,29)(H,30,31)(H,23,24,28)/t12-/m0/s1. The second kappa shape index (κ2) is 9.34. The van der Waals surface area contributed by atoms with Gasteiger partial charge in [-0.3, -0.25) is 19.3 Å². The third kappa shape index (κ3) is 5.22. The molecule has 1 aromatic heterocycles. The maximum Gasteiger partial charge on any atom is 0.418 e. The number of benzene rings is 1. The highest BCUT2D eigenvalue weighted by molar-refractivity contribution is 7.13. The molecule has 2 aromatic rings. The minimum Gasteiger partial charge on any atom is -0.465 e. The zero-order valence-electron chi connectivity index (χ0n) is 16.3. The van der Waals surface area contributed by atoms with Crippen LogP contribution in [0.1, 0.15) is 35.2 Å². The number of carbonyl (C=O) groups excluding carboxylic acids is 3. The average molecular weight is 470 g/mol. The van der Waals surface area contributed by atoms with Crippen LogP contribution in [0, 0.1) is 0 Å². The lowest BCUT2D eigenvalue weighted by Gasteiger charge is -2.23. The van der Waals surface area contributed by atoms with Crippen molar-refractivity contribution in [2.45, 2.75) is 31.5 Å². The topological polar surface area (TPSA) is 129 Å². The molecule has 1 aliphatic rings. The molecule has 0 radical (unpaired) electrons. The van der Waals surface area contributed by atoms with Crippen LogP contribution in [0.2, 0.25) is 0 Å². The summed E-state index contributed by atoms with van der Waals surface area (Å²) >= 11 is 1.10. The lowest BCUT2D eigenvalue weighted by molar-refractivity contribution is -0.137. The Labute approximate surface area is 183 Å². The SMILES string of the molecule is O=C(CC(=O)c1cccc(C(F)(F)F)c1NC(=O)[C@@H]1CCCN1C(=O)O)Nc1nccs1. The molecule has 0 spiro atoms. The van der Waals surface area contributed by atoms with Gasteiger partial charge in [0.25, 0.3) is 0 Å². The Morgan fingerprint density at radius 1 is 1.22 bits per heavy atom. The Balaban J connectivity index is 1.88. The van der Waals surface area contributed by atoms with Crippen molar-refractivity contribution >= 4 is 45.8 Å². The van der Waals surface area contributed by atoms with Crippen LogP contribution < -0.4 is 10.6 Å². The first-order valence-corrected chi connectivity index (χ1v) is 10.2. The number of carboxylic acid groups (broad SMARTS) is 1. The van der Waals surface area contributed by atoms with Crippen molar-refractivity contribution in [3.05, 3.63) is 40.9 Å². The van der Waals surface area contributed by atoms with E-state index in [1.54, 1.807) is 5.38 Å². The van der Waals surface area contributed by atoms with E-state index in [-0.39, 0.29) is 18.1 Å². The first-order valence-electron chi connectivity index (χ1n) is 9.31. The number of hydrogen-bond acceptors (Lipinski definition) is 6. The Morgan fingerprint density at radius 2 is 1.97 bits per heavy atom. The van der Waals surface area contributed by atoms with Gasteiger partial charge in [-0.1, -0.05) is 6.07 Å². The van der Waals surface area contributed by atoms with E-state index in [0.717, 1.165) is 28.4 Å². The number of alkyl halides is 3. The first kappa shape index (κ1) is 23.2. The molecule has 1 aliphatic heterocycles. The van der Waals surface area contributed by atoms with Gasteiger partial charge >= 0.3 is 12.3 Å². The third-order valence-corrected chi connectivity index (χ3v) is 5.41. The van der Waals surface area contributed by atoms with E-state index in [4.69, 9.17) is 0 Å². The molecule has 0 saturated carbocycles. The number of para-hydroxylation sites is 1. The summed E-state index contributed by atoms with van der Waals surface area (Å²) in [5, 5.41) is 15.4. The maximum absolute atomic E-state index is 13.6. The Hall–Kier alpha value is -3.48. The number of thiazole rings is 1. The lowest BCUT2D eigenvalue weighted by atomic mass is 10.0. The van der Waals surface area contributed by atoms with E-state index in [2.05, 4.69) is 15.6 Å². The van der Waals surface area contributed by atoms with Crippen molar-refractivity contribution in [1.29, 1.82) is 0 Å². The number of Topliss-reactive ketones (excluding diaryl/α,β-unsaturated/α-hetero) is 1. The zero-order chi connectivity index (χ0) is 23.5. The van der Waals surface area contributed by atoms with Crippen LogP contribution in [0.3, 0.4) is 0 Å². The quantitative estimate of drug-likeness (QED) is 0.438. The number of nitrogens with zero attached hydrogens (tertiary/aromatic N) is 2. The summed E-state index contributed by atoms with van der Waals surface area (Å²) in [4.78, 5) is 53.3. The largest absolute Gasteiger partial charge is 0.465 e. The molecular formula is C19H17F3N4O5S. The minimum absolute atomic E-state index is 0.0665. The number of amides is 3. The second-order valence-corrected chi connectivity index (χ2v) is 7.73. The predicted octanol–water partition coefficient (Wildman–Crippen LogP) is 3.45. The van der Waals surface area contributed by atoms with E-state index in [1.165, 1.54) is 6.20 Å². The van der Waals surface area contributed by atoms with Gasteiger partial charge in [0.1, 0.15) is 6.04 Å². The van der Waals surface area contributed by atoms with E-state index in [9.17, 15) is 37.5 Å². The Morgan fingerprint density at radius 3 is 2.59 bits per heavy atom. The summed E-state index contributed by atoms with van der Waals surface area (Å²) in [6.07, 6.45) is -5.15. The number of halogens is 3. The fourth-order valence-electron chi connectivity index (χ4n) is 3.32. The fourth-order valence-corrected chi connectivity index (χ4v) is 3.87. The van der Waals surface area contributed by atoms with Crippen molar-refractivity contribution in [3.63, 3.8) is 0 Å². The van der Waals surface area contributed by atoms with Crippen LogP contribution in [0.4, 0.5) is 28.8 Å². The fraction of sp³-hybridized carbons (Fsp3) is 0.316. The highest BCUT2D eigenvalue weighted by atomic mass is 32.1. The van der Waals surface area contributed by atoms with Gasteiger partial charge in [-0.05, 0) is 25.0 Å². The zero-order valence-corrected chi connectivity index (χ0v) is 17.1. The van der Waals surface area contributed by atoms with Crippen molar-refractivity contribution in [2.75, 3.05) is 17.2 Å². The molecule has 2 heterocycles. The van der Waals surface area contributed by atoms with E-state index in [1.807, 2.05) is 0 Å². The normalized spacial score (nSPS) is 16.0. The minimum atomic E-state index is -4.91. The van der Waals surface area contributed by atoms with Crippen molar-refractivity contribution in [3.8, 4) is 0 Å². The van der Waals surface area contributed by atoms with Gasteiger partial charge in [0.05, 0.1) is 17.7 Å². The van der Waals surface area contributed by atoms with E-state index < -0.39 is 59.1 Å². The molecule has 1 aromatic carbocycles. The van der Waals surface area contributed by atoms with Gasteiger partial charge in [-0.2, -0.15) is 13.2 Å². The number of nitrogens with one attached hydrogen (secondary N) is 2. The predicted molar refractivity (Wildman–Crippen MR) is 108 cm³/mol.